The van der Waals surface area contributed by atoms with Gasteiger partial charge < -0.3 is 10.1 Å². The molecule has 0 radical (unpaired) electrons. The topological polar surface area (TPSA) is 38.3 Å². The molecule has 1 aliphatic rings. The minimum absolute atomic E-state index is 0.0473. The predicted octanol–water partition coefficient (Wildman–Crippen LogP) is 2.79. The normalized spacial score (nSPS) is 17.7. The van der Waals surface area contributed by atoms with E-state index in [0.717, 1.165) is 37.1 Å². The van der Waals surface area contributed by atoms with Crippen LogP contribution in [0.5, 0.6) is 5.75 Å². The highest BCUT2D eigenvalue weighted by atomic mass is 16.5. The molecule has 0 fully saturated rings. The average molecular weight is 261 g/mol. The molecule has 1 atom stereocenters. The maximum Gasteiger partial charge on any atom is 0.226 e. The number of hydrogen-bond acceptors (Lipinski definition) is 2. The Morgan fingerprint density at radius 3 is 3.00 bits per heavy atom. The summed E-state index contributed by atoms with van der Waals surface area (Å²) in [6, 6.07) is 7.95. The predicted molar refractivity (Wildman–Crippen MR) is 76.2 cm³/mol. The van der Waals surface area contributed by atoms with Gasteiger partial charge in [-0.1, -0.05) is 32.0 Å². The molecule has 1 unspecified atom stereocenters. The number of fused-ring (bicyclic) bond motifs is 1. The van der Waals surface area contributed by atoms with E-state index in [4.69, 9.17) is 4.74 Å². The molecule has 3 nitrogen and oxygen atoms in total. The SMILES string of the molecule is CC(C)CCCNC(=O)C1COc2ccccc2C1. The molecule has 0 aliphatic carbocycles. The Kier molecular flexibility index (Phi) is 4.83. The molecule has 0 saturated heterocycles. The Balaban J connectivity index is 1.79. The molecule has 3 heteroatoms. The Hall–Kier alpha value is -1.51. The zero-order valence-corrected chi connectivity index (χ0v) is 11.8. The number of carbonyl (C=O) groups is 1. The standard InChI is InChI=1S/C16H23NO2/c1-12(2)6-5-9-17-16(18)14-10-13-7-3-4-8-15(13)19-11-14/h3-4,7-8,12,14H,5-6,9-11H2,1-2H3,(H,17,18). The molecule has 0 saturated carbocycles. The monoisotopic (exact) mass is 261 g/mol. The van der Waals surface area contributed by atoms with Crippen LogP contribution < -0.4 is 10.1 Å². The first-order valence-electron chi connectivity index (χ1n) is 7.15. The summed E-state index contributed by atoms with van der Waals surface area (Å²) >= 11 is 0. The van der Waals surface area contributed by atoms with Crippen LogP contribution in [0.15, 0.2) is 24.3 Å². The summed E-state index contributed by atoms with van der Waals surface area (Å²) in [4.78, 5) is 12.1. The van der Waals surface area contributed by atoms with Gasteiger partial charge in [0.15, 0.2) is 0 Å². The first-order valence-corrected chi connectivity index (χ1v) is 7.15. The van der Waals surface area contributed by atoms with Crippen molar-refractivity contribution in [1.29, 1.82) is 0 Å². The fourth-order valence-electron chi connectivity index (χ4n) is 2.36. The third-order valence-corrected chi connectivity index (χ3v) is 3.51. The van der Waals surface area contributed by atoms with Gasteiger partial charge >= 0.3 is 0 Å². The molecule has 1 aromatic rings. The zero-order chi connectivity index (χ0) is 13.7. The number of carbonyl (C=O) groups excluding carboxylic acids is 1. The van der Waals surface area contributed by atoms with E-state index in [1.54, 1.807) is 0 Å². The van der Waals surface area contributed by atoms with Crippen LogP contribution in [0.2, 0.25) is 0 Å². The molecule has 104 valence electrons. The van der Waals surface area contributed by atoms with Crippen molar-refractivity contribution in [3.05, 3.63) is 29.8 Å². The first-order chi connectivity index (χ1) is 9.16. The molecule has 1 heterocycles. The van der Waals surface area contributed by atoms with Gasteiger partial charge in [0.2, 0.25) is 5.91 Å². The van der Waals surface area contributed by atoms with Crippen LogP contribution >= 0.6 is 0 Å². The second-order valence-electron chi connectivity index (χ2n) is 5.65. The molecule has 1 aromatic carbocycles. The molecule has 0 aromatic heterocycles. The molecule has 19 heavy (non-hydrogen) atoms. The van der Waals surface area contributed by atoms with Gasteiger partial charge in [-0.05, 0) is 36.8 Å². The van der Waals surface area contributed by atoms with Crippen molar-refractivity contribution >= 4 is 5.91 Å². The second-order valence-corrected chi connectivity index (χ2v) is 5.65. The van der Waals surface area contributed by atoms with Crippen LogP contribution in [-0.2, 0) is 11.2 Å². The van der Waals surface area contributed by atoms with Crippen LogP contribution in [0, 0.1) is 11.8 Å². The number of amides is 1. The number of rotatable bonds is 5. The van der Waals surface area contributed by atoms with Gasteiger partial charge in [0.1, 0.15) is 12.4 Å². The number of nitrogens with one attached hydrogen (secondary N) is 1. The van der Waals surface area contributed by atoms with Gasteiger partial charge in [0, 0.05) is 6.54 Å². The molecule has 0 bridgehead atoms. The van der Waals surface area contributed by atoms with Crippen molar-refractivity contribution in [2.24, 2.45) is 11.8 Å². The highest BCUT2D eigenvalue weighted by Gasteiger charge is 2.25. The van der Waals surface area contributed by atoms with E-state index >= 15 is 0 Å². The largest absolute Gasteiger partial charge is 0.492 e. The summed E-state index contributed by atoms with van der Waals surface area (Å²) in [5.74, 6) is 1.69. The minimum Gasteiger partial charge on any atom is -0.492 e. The lowest BCUT2D eigenvalue weighted by molar-refractivity contribution is -0.126. The van der Waals surface area contributed by atoms with E-state index in [0.29, 0.717) is 12.5 Å². The van der Waals surface area contributed by atoms with Crippen molar-refractivity contribution in [3.63, 3.8) is 0 Å². The maximum atomic E-state index is 12.1. The van der Waals surface area contributed by atoms with Crippen LogP contribution in [0.1, 0.15) is 32.3 Å². The lowest BCUT2D eigenvalue weighted by Gasteiger charge is -2.24. The number of para-hydroxylation sites is 1. The summed E-state index contributed by atoms with van der Waals surface area (Å²) in [5, 5.41) is 3.02. The van der Waals surface area contributed by atoms with Crippen molar-refractivity contribution in [2.45, 2.75) is 33.1 Å². The smallest absolute Gasteiger partial charge is 0.226 e. The third-order valence-electron chi connectivity index (χ3n) is 3.51. The van der Waals surface area contributed by atoms with Crippen molar-refractivity contribution < 1.29 is 9.53 Å². The van der Waals surface area contributed by atoms with E-state index in [-0.39, 0.29) is 11.8 Å². The molecule has 1 amide bonds. The van der Waals surface area contributed by atoms with E-state index < -0.39 is 0 Å². The molecule has 1 aliphatic heterocycles. The highest BCUT2D eigenvalue weighted by Crippen LogP contribution is 2.26. The number of hydrogen-bond donors (Lipinski definition) is 1. The van der Waals surface area contributed by atoms with Gasteiger partial charge in [-0.2, -0.15) is 0 Å². The third kappa shape index (κ3) is 3.98. The van der Waals surface area contributed by atoms with E-state index in [9.17, 15) is 4.79 Å². The van der Waals surface area contributed by atoms with Crippen LogP contribution in [-0.4, -0.2) is 19.1 Å². The summed E-state index contributed by atoms with van der Waals surface area (Å²) in [6.07, 6.45) is 2.99. The molecule has 0 spiro atoms. The fourth-order valence-corrected chi connectivity index (χ4v) is 2.36. The number of ether oxygens (including phenoxy) is 1. The van der Waals surface area contributed by atoms with Crippen LogP contribution in [0.4, 0.5) is 0 Å². The minimum atomic E-state index is -0.0473. The Bertz CT molecular complexity index is 429. The molecular formula is C16H23NO2. The van der Waals surface area contributed by atoms with Gasteiger partial charge in [-0.15, -0.1) is 0 Å². The Labute approximate surface area is 115 Å². The maximum absolute atomic E-state index is 12.1. The first kappa shape index (κ1) is 13.9. The summed E-state index contributed by atoms with van der Waals surface area (Å²) < 4.78 is 5.64. The number of benzene rings is 1. The zero-order valence-electron chi connectivity index (χ0n) is 11.8. The Morgan fingerprint density at radius 2 is 2.21 bits per heavy atom. The van der Waals surface area contributed by atoms with Crippen molar-refractivity contribution in [2.75, 3.05) is 13.2 Å². The fraction of sp³-hybridized carbons (Fsp3) is 0.562. The van der Waals surface area contributed by atoms with Crippen molar-refractivity contribution in [3.8, 4) is 5.75 Å². The van der Waals surface area contributed by atoms with Crippen LogP contribution in [0.25, 0.3) is 0 Å². The molecular weight excluding hydrogens is 238 g/mol. The highest BCUT2D eigenvalue weighted by molar-refractivity contribution is 5.79. The second kappa shape index (κ2) is 6.60. The lowest BCUT2D eigenvalue weighted by atomic mass is 9.96. The molecule has 2 rings (SSSR count). The average Bonchev–Trinajstić information content (AvgIpc) is 2.42. The lowest BCUT2D eigenvalue weighted by Crippen LogP contribution is -2.37. The van der Waals surface area contributed by atoms with E-state index in [1.165, 1.54) is 0 Å². The van der Waals surface area contributed by atoms with Gasteiger partial charge in [-0.3, -0.25) is 4.79 Å². The van der Waals surface area contributed by atoms with Crippen molar-refractivity contribution in [1.82, 2.24) is 5.32 Å². The van der Waals surface area contributed by atoms with Gasteiger partial charge in [-0.25, -0.2) is 0 Å². The Morgan fingerprint density at radius 1 is 1.42 bits per heavy atom. The van der Waals surface area contributed by atoms with Gasteiger partial charge in [0.05, 0.1) is 5.92 Å². The van der Waals surface area contributed by atoms with Crippen LogP contribution in [0.3, 0.4) is 0 Å². The quantitative estimate of drug-likeness (QED) is 0.828. The summed E-state index contributed by atoms with van der Waals surface area (Å²) in [6.45, 7) is 5.67. The summed E-state index contributed by atoms with van der Waals surface area (Å²) in [7, 11) is 0. The molecule has 1 N–H and O–H groups in total. The van der Waals surface area contributed by atoms with E-state index in [1.807, 2.05) is 24.3 Å². The van der Waals surface area contributed by atoms with Gasteiger partial charge in [0.25, 0.3) is 0 Å². The summed E-state index contributed by atoms with van der Waals surface area (Å²) in [5.41, 5.74) is 1.14. The van der Waals surface area contributed by atoms with E-state index in [2.05, 4.69) is 19.2 Å².